The fourth-order valence-corrected chi connectivity index (χ4v) is 3.00. The van der Waals surface area contributed by atoms with E-state index in [4.69, 9.17) is 4.52 Å². The maximum absolute atomic E-state index is 11.9. The molecule has 132 valence electrons. The van der Waals surface area contributed by atoms with Crippen molar-refractivity contribution in [3.8, 4) is 0 Å². The molecule has 8 heteroatoms. The van der Waals surface area contributed by atoms with Gasteiger partial charge >= 0.3 is 0 Å². The number of benzene rings is 1. The third-order valence-corrected chi connectivity index (χ3v) is 5.40. The Morgan fingerprint density at radius 2 is 1.92 bits per heavy atom. The molecule has 0 unspecified atom stereocenters. The van der Waals surface area contributed by atoms with Crippen LogP contribution in [-0.4, -0.2) is 26.5 Å². The zero-order chi connectivity index (χ0) is 18.0. The summed E-state index contributed by atoms with van der Waals surface area (Å²) >= 11 is 0. The maximum atomic E-state index is 11.9. The molecule has 0 bridgehead atoms. The predicted octanol–water partition coefficient (Wildman–Crippen LogP) is 2.41. The Labute approximate surface area is 146 Å². The van der Waals surface area contributed by atoms with Crippen molar-refractivity contribution in [2.45, 2.75) is 24.7 Å². The van der Waals surface area contributed by atoms with Gasteiger partial charge in [-0.2, -0.15) is 0 Å². The van der Waals surface area contributed by atoms with Crippen molar-refractivity contribution in [1.29, 1.82) is 0 Å². The lowest BCUT2D eigenvalue weighted by molar-refractivity contribution is -0.117. The van der Waals surface area contributed by atoms with Gasteiger partial charge in [-0.1, -0.05) is 23.4 Å². The van der Waals surface area contributed by atoms with Crippen molar-refractivity contribution >= 4 is 33.8 Å². The van der Waals surface area contributed by atoms with Gasteiger partial charge in [-0.25, -0.2) is 13.1 Å². The molecule has 1 aromatic heterocycles. The number of amides is 1. The predicted molar refractivity (Wildman–Crippen MR) is 94.2 cm³/mol. The fraction of sp³-hybridized carbons (Fsp3) is 0.294. The van der Waals surface area contributed by atoms with Crippen LogP contribution in [0.3, 0.4) is 0 Å². The van der Waals surface area contributed by atoms with Gasteiger partial charge in [-0.3, -0.25) is 4.79 Å². The van der Waals surface area contributed by atoms with Gasteiger partial charge in [0.2, 0.25) is 15.9 Å². The van der Waals surface area contributed by atoms with E-state index in [1.54, 1.807) is 31.2 Å². The van der Waals surface area contributed by atoms with Gasteiger partial charge in [0.05, 0.1) is 4.90 Å². The van der Waals surface area contributed by atoms with Gasteiger partial charge in [-0.15, -0.1) is 0 Å². The molecule has 1 heterocycles. The van der Waals surface area contributed by atoms with Crippen LogP contribution in [0.5, 0.6) is 0 Å². The highest BCUT2D eigenvalue weighted by Crippen LogP contribution is 2.32. The summed E-state index contributed by atoms with van der Waals surface area (Å²) < 4.78 is 30.9. The minimum absolute atomic E-state index is 0.0115. The Kier molecular flexibility index (Phi) is 4.73. The molecule has 7 nitrogen and oxygen atoms in total. The molecule has 1 aromatic carbocycles. The summed E-state index contributed by atoms with van der Waals surface area (Å²) in [7, 11) is -2.08. The van der Waals surface area contributed by atoms with Crippen LogP contribution in [0, 0.1) is 12.8 Å². The lowest BCUT2D eigenvalue weighted by atomic mass is 10.2. The van der Waals surface area contributed by atoms with E-state index in [0.29, 0.717) is 17.1 Å². The second kappa shape index (κ2) is 6.81. The van der Waals surface area contributed by atoms with Crippen molar-refractivity contribution in [3.63, 3.8) is 0 Å². The van der Waals surface area contributed by atoms with E-state index in [2.05, 4.69) is 15.2 Å². The first-order valence-electron chi connectivity index (χ1n) is 7.89. The van der Waals surface area contributed by atoms with Gasteiger partial charge in [0.1, 0.15) is 11.4 Å². The number of nitrogens with zero attached hydrogens (tertiary/aromatic N) is 1. The average Bonchev–Trinajstić information content (AvgIpc) is 3.40. The van der Waals surface area contributed by atoms with Crippen molar-refractivity contribution in [3.05, 3.63) is 41.3 Å². The van der Waals surface area contributed by atoms with Crippen LogP contribution in [0.4, 0.5) is 5.69 Å². The van der Waals surface area contributed by atoms with E-state index < -0.39 is 10.0 Å². The largest absolute Gasteiger partial charge is 0.354 e. The molecule has 2 N–H and O–H groups in total. The van der Waals surface area contributed by atoms with Crippen LogP contribution in [0.25, 0.3) is 12.2 Å². The van der Waals surface area contributed by atoms with E-state index in [-0.39, 0.29) is 16.7 Å². The minimum Gasteiger partial charge on any atom is -0.354 e. The Balaban J connectivity index is 1.77. The van der Waals surface area contributed by atoms with Crippen molar-refractivity contribution in [2.24, 2.45) is 5.92 Å². The number of carbonyl (C=O) groups excluding carboxylic acids is 1. The third-order valence-electron chi connectivity index (χ3n) is 3.97. The van der Waals surface area contributed by atoms with Gasteiger partial charge < -0.3 is 9.84 Å². The highest BCUT2D eigenvalue weighted by Gasteiger charge is 2.30. The van der Waals surface area contributed by atoms with Crippen molar-refractivity contribution < 1.29 is 17.7 Å². The highest BCUT2D eigenvalue weighted by molar-refractivity contribution is 7.89. The van der Waals surface area contributed by atoms with Crippen LogP contribution in [0.2, 0.25) is 0 Å². The molecule has 25 heavy (non-hydrogen) atoms. The average molecular weight is 361 g/mol. The first-order chi connectivity index (χ1) is 11.9. The summed E-state index contributed by atoms with van der Waals surface area (Å²) in [5.74, 6) is 0.536. The van der Waals surface area contributed by atoms with Gasteiger partial charge in [0.15, 0.2) is 5.76 Å². The number of sulfonamides is 1. The van der Waals surface area contributed by atoms with E-state index >= 15 is 0 Å². The SMILES string of the molecule is CNS(=O)(=O)c1ccc(/C=C\c2onc(C)c2NC(=O)C2CC2)cc1. The van der Waals surface area contributed by atoms with Gasteiger partial charge in [0.25, 0.3) is 0 Å². The standard InChI is InChI=1S/C17H19N3O4S/c1-11-16(19-17(21)13-6-7-13)15(24-20-11)10-5-12-3-8-14(9-4-12)25(22,23)18-2/h3-5,8-10,13,18H,6-7H2,1-2H3,(H,19,21)/b10-5-. The number of nitrogens with one attached hydrogen (secondary N) is 2. The molecule has 0 spiro atoms. The first-order valence-corrected chi connectivity index (χ1v) is 9.38. The van der Waals surface area contributed by atoms with Crippen LogP contribution in [0.15, 0.2) is 33.7 Å². The second-order valence-corrected chi connectivity index (χ2v) is 7.77. The molecule has 3 rings (SSSR count). The number of carbonyl (C=O) groups is 1. The molecule has 1 saturated carbocycles. The van der Waals surface area contributed by atoms with Crippen LogP contribution < -0.4 is 10.0 Å². The lowest BCUT2D eigenvalue weighted by Gasteiger charge is -2.03. The Morgan fingerprint density at radius 1 is 1.24 bits per heavy atom. The molecule has 0 atom stereocenters. The van der Waals surface area contributed by atoms with Crippen LogP contribution in [0.1, 0.15) is 29.9 Å². The monoisotopic (exact) mass is 361 g/mol. The van der Waals surface area contributed by atoms with E-state index in [9.17, 15) is 13.2 Å². The Morgan fingerprint density at radius 3 is 2.52 bits per heavy atom. The normalized spacial score (nSPS) is 14.8. The number of rotatable bonds is 6. The number of hydrogen-bond acceptors (Lipinski definition) is 5. The topological polar surface area (TPSA) is 101 Å². The Hall–Kier alpha value is -2.45. The van der Waals surface area contributed by atoms with Crippen molar-refractivity contribution in [1.82, 2.24) is 9.88 Å². The molecular weight excluding hydrogens is 342 g/mol. The molecular formula is C17H19N3O4S. The summed E-state index contributed by atoms with van der Waals surface area (Å²) in [6.45, 7) is 1.76. The highest BCUT2D eigenvalue weighted by atomic mass is 32.2. The summed E-state index contributed by atoms with van der Waals surface area (Å²) in [5.41, 5.74) is 1.98. The molecule has 0 saturated heterocycles. The minimum atomic E-state index is -3.45. The molecule has 0 radical (unpaired) electrons. The second-order valence-electron chi connectivity index (χ2n) is 5.88. The van der Waals surface area contributed by atoms with E-state index in [0.717, 1.165) is 18.4 Å². The summed E-state index contributed by atoms with van der Waals surface area (Å²) in [6, 6.07) is 6.42. The number of anilines is 1. The zero-order valence-corrected chi connectivity index (χ0v) is 14.8. The van der Waals surface area contributed by atoms with Crippen LogP contribution >= 0.6 is 0 Å². The van der Waals surface area contributed by atoms with Crippen LogP contribution in [-0.2, 0) is 14.8 Å². The van der Waals surface area contributed by atoms with Gasteiger partial charge in [0, 0.05) is 5.92 Å². The smallest absolute Gasteiger partial charge is 0.240 e. The molecule has 1 fully saturated rings. The summed E-state index contributed by atoms with van der Waals surface area (Å²) in [5, 5.41) is 6.75. The maximum Gasteiger partial charge on any atom is 0.240 e. The van der Waals surface area contributed by atoms with E-state index in [1.165, 1.54) is 19.2 Å². The number of aromatic nitrogens is 1. The molecule has 2 aromatic rings. The molecule has 0 aliphatic heterocycles. The number of aryl methyl sites for hydroxylation is 1. The third kappa shape index (κ3) is 3.97. The lowest BCUT2D eigenvalue weighted by Crippen LogP contribution is -2.18. The molecule has 1 amide bonds. The molecule has 1 aliphatic rings. The number of hydrogen-bond donors (Lipinski definition) is 2. The van der Waals surface area contributed by atoms with E-state index in [1.807, 2.05) is 0 Å². The first kappa shape index (κ1) is 17.4. The quantitative estimate of drug-likeness (QED) is 0.823. The zero-order valence-electron chi connectivity index (χ0n) is 13.9. The van der Waals surface area contributed by atoms with Gasteiger partial charge in [-0.05, 0) is 50.6 Å². The summed E-state index contributed by atoms with van der Waals surface area (Å²) in [4.78, 5) is 12.1. The summed E-state index contributed by atoms with van der Waals surface area (Å²) in [6.07, 6.45) is 5.30. The Bertz CT molecular complexity index is 910. The molecule has 1 aliphatic carbocycles. The van der Waals surface area contributed by atoms with Crippen molar-refractivity contribution in [2.75, 3.05) is 12.4 Å². The fourth-order valence-electron chi connectivity index (χ4n) is 2.27.